The zero-order valence-corrected chi connectivity index (χ0v) is 9.43. The average molecular weight is 255 g/mol. The van der Waals surface area contributed by atoms with E-state index in [0.29, 0.717) is 0 Å². The molecule has 1 nitrogen and oxygen atoms in total. The van der Waals surface area contributed by atoms with Gasteiger partial charge in [-0.15, -0.1) is 0 Å². The van der Waals surface area contributed by atoms with Gasteiger partial charge in [-0.25, -0.2) is 0 Å². The number of halogens is 3. The maximum atomic E-state index is 4.87. The fourth-order valence-corrected chi connectivity index (χ4v) is 0. The topological polar surface area (TPSA) is 31.5 Å². The van der Waals surface area contributed by atoms with Gasteiger partial charge in [-0.05, 0) is 0 Å². The van der Waals surface area contributed by atoms with E-state index in [1.165, 1.54) is 0 Å². The van der Waals surface area contributed by atoms with Gasteiger partial charge in [0, 0.05) is 0 Å². The van der Waals surface area contributed by atoms with Crippen LogP contribution in [-0.2, 0) is 0 Å². The van der Waals surface area contributed by atoms with Crippen LogP contribution >= 0.6 is 17.8 Å². The molecule has 0 spiro atoms. The van der Waals surface area contributed by atoms with Crippen molar-refractivity contribution >= 4 is 17.8 Å². The molecule has 0 aliphatic heterocycles. The first kappa shape index (κ1) is 15.7. The van der Waals surface area contributed by atoms with Crippen LogP contribution in [0.25, 0.3) is 0 Å². The van der Waals surface area contributed by atoms with E-state index in [-0.39, 0.29) is 56.9 Å². The fraction of sp³-hybridized carbons (Fsp3) is 0. The molecular weight excluding hydrogens is 253 g/mol. The van der Waals surface area contributed by atoms with Crippen LogP contribution in [0.1, 0.15) is 0 Å². The second kappa shape index (κ2) is 15.8. The molecule has 0 unspecified atom stereocenters. The Bertz CT molecular complexity index is 9.61. The van der Waals surface area contributed by atoms with Gasteiger partial charge in [0.25, 0.3) is 0 Å². The van der Waals surface area contributed by atoms with Gasteiger partial charge in [-0.2, -0.15) is 0 Å². The fourth-order valence-electron chi connectivity index (χ4n) is 0. The maximum Gasteiger partial charge on any atom is 1.00 e. The van der Waals surface area contributed by atoms with Crippen molar-refractivity contribution in [3.05, 3.63) is 0 Å². The van der Waals surface area contributed by atoms with Crippen LogP contribution in [0.4, 0.5) is 0 Å². The van der Waals surface area contributed by atoms with Crippen LogP contribution in [0, 0.1) is 0 Å². The molecule has 5 heavy (non-hydrogen) atoms. The van der Waals surface area contributed by atoms with Crippen molar-refractivity contribution < 1.29 is 75.8 Å². The molecular formula is H2Cl2IKO. The van der Waals surface area contributed by atoms with Crippen LogP contribution in [0.15, 0.2) is 0 Å². The van der Waals surface area contributed by atoms with Crippen molar-refractivity contribution in [2.45, 2.75) is 0 Å². The third kappa shape index (κ3) is 19.7. The Morgan fingerprint density at radius 2 is 1.20 bits per heavy atom. The van der Waals surface area contributed by atoms with Crippen molar-refractivity contribution in [2.24, 2.45) is 0 Å². The molecule has 0 aliphatic rings. The second-order valence-electron chi connectivity index (χ2n) is 0.0540. The molecule has 2 N–H and O–H groups in total. The summed E-state index contributed by atoms with van der Waals surface area (Å²) in [5.41, 5.74) is 0. The third-order valence-electron chi connectivity index (χ3n) is 0. The molecule has 0 rings (SSSR count). The van der Waals surface area contributed by atoms with E-state index in [4.69, 9.17) is 17.8 Å². The van der Waals surface area contributed by atoms with Crippen LogP contribution in [0.2, 0.25) is 0 Å². The molecule has 0 saturated carbocycles. The minimum atomic E-state index is -0.466. The SMILES string of the molecule is Cl[I-]Cl.O.[K+]. The minimum Gasteiger partial charge on any atom is -0.412 e. The Labute approximate surface area is 91.2 Å². The molecule has 0 aromatic carbocycles. The van der Waals surface area contributed by atoms with E-state index in [9.17, 15) is 0 Å². The first-order chi connectivity index (χ1) is 1.41. The molecule has 0 saturated heterocycles. The number of hydrogen-bond donors (Lipinski definition) is 0. The number of rotatable bonds is 0. The average Bonchev–Trinajstić information content (AvgIpc) is 0.918. The Morgan fingerprint density at radius 3 is 1.20 bits per heavy atom. The molecule has 0 aromatic heterocycles. The molecule has 30 valence electrons. The Morgan fingerprint density at radius 1 is 1.20 bits per heavy atom. The van der Waals surface area contributed by atoms with E-state index in [1.807, 2.05) is 0 Å². The molecule has 0 fully saturated rings. The van der Waals surface area contributed by atoms with Gasteiger partial charge in [0.2, 0.25) is 0 Å². The summed E-state index contributed by atoms with van der Waals surface area (Å²) in [6.07, 6.45) is 0. The van der Waals surface area contributed by atoms with Crippen molar-refractivity contribution in [3.8, 4) is 0 Å². The molecule has 0 atom stereocenters. The zero-order valence-electron chi connectivity index (χ0n) is 2.63. The van der Waals surface area contributed by atoms with E-state index < -0.39 is 18.9 Å². The van der Waals surface area contributed by atoms with Gasteiger partial charge in [-0.1, -0.05) is 0 Å². The van der Waals surface area contributed by atoms with E-state index in [0.717, 1.165) is 0 Å². The van der Waals surface area contributed by atoms with Crippen LogP contribution < -0.4 is 70.3 Å². The van der Waals surface area contributed by atoms with Gasteiger partial charge >= 0.3 is 88.2 Å². The Balaban J connectivity index is -0.0000000200. The normalized spacial score (nSPS) is 4.40. The Hall–Kier alpha value is 2.91. The predicted molar refractivity (Wildman–Crippen MR) is 15.3 cm³/mol. The first-order valence-corrected chi connectivity index (χ1v) is 5.75. The van der Waals surface area contributed by atoms with Crippen LogP contribution in [-0.4, -0.2) is 5.48 Å². The van der Waals surface area contributed by atoms with Gasteiger partial charge in [0.15, 0.2) is 0 Å². The Kier molecular flexibility index (Phi) is 49.5. The summed E-state index contributed by atoms with van der Waals surface area (Å²) in [6.45, 7) is 0. The van der Waals surface area contributed by atoms with E-state index in [1.54, 1.807) is 0 Å². The zero-order chi connectivity index (χ0) is 2.71. The molecule has 0 amide bonds. The maximum absolute atomic E-state index is 4.87. The third-order valence-corrected chi connectivity index (χ3v) is 0. The van der Waals surface area contributed by atoms with Crippen LogP contribution in [0.5, 0.6) is 0 Å². The summed E-state index contributed by atoms with van der Waals surface area (Å²) >= 11 is -0.466. The van der Waals surface area contributed by atoms with Gasteiger partial charge in [0.05, 0.1) is 0 Å². The summed E-state index contributed by atoms with van der Waals surface area (Å²) < 4.78 is 0. The van der Waals surface area contributed by atoms with Gasteiger partial charge in [-0.3, -0.25) is 0 Å². The molecule has 0 radical (unpaired) electrons. The molecule has 0 heterocycles. The van der Waals surface area contributed by atoms with E-state index in [2.05, 4.69) is 0 Å². The minimum absolute atomic E-state index is 0. The molecule has 0 aromatic rings. The van der Waals surface area contributed by atoms with Crippen LogP contribution in [0.3, 0.4) is 0 Å². The van der Waals surface area contributed by atoms with Crippen molar-refractivity contribution in [2.75, 3.05) is 0 Å². The van der Waals surface area contributed by atoms with Crippen molar-refractivity contribution in [3.63, 3.8) is 0 Å². The summed E-state index contributed by atoms with van der Waals surface area (Å²) in [6, 6.07) is 0. The summed E-state index contributed by atoms with van der Waals surface area (Å²) in [7, 11) is 9.75. The first-order valence-electron chi connectivity index (χ1n) is 0.286. The molecule has 5 heteroatoms. The predicted octanol–water partition coefficient (Wildman–Crippen LogP) is -5.44. The van der Waals surface area contributed by atoms with Gasteiger partial charge < -0.3 is 5.48 Å². The smallest absolute Gasteiger partial charge is 0.412 e. The summed E-state index contributed by atoms with van der Waals surface area (Å²) in [5.74, 6) is 0. The monoisotopic (exact) mass is 254 g/mol. The number of hydrogen-bond acceptors (Lipinski definition) is 0. The van der Waals surface area contributed by atoms with Crippen molar-refractivity contribution in [1.29, 1.82) is 0 Å². The molecule has 0 bridgehead atoms. The second-order valence-corrected chi connectivity index (χ2v) is 3.26. The summed E-state index contributed by atoms with van der Waals surface area (Å²) in [4.78, 5) is 0. The summed E-state index contributed by atoms with van der Waals surface area (Å²) in [5, 5.41) is 0. The van der Waals surface area contributed by atoms with Gasteiger partial charge in [0.1, 0.15) is 0 Å². The standard InChI is InChI=1S/Cl2I.K.H2O/c1-3-2;;/h;;1H2/q-1;+1;. The largest absolute Gasteiger partial charge is 1.00 e. The quantitative estimate of drug-likeness (QED) is 0.305. The van der Waals surface area contributed by atoms with Crippen molar-refractivity contribution in [1.82, 2.24) is 0 Å². The molecule has 0 aliphatic carbocycles. The van der Waals surface area contributed by atoms with E-state index >= 15 is 0 Å².